The molecule has 3 heterocycles. The molecule has 3 aromatic rings. The normalized spacial score (nSPS) is 18.2. The van der Waals surface area contributed by atoms with Gasteiger partial charge in [0, 0.05) is 38.0 Å². The minimum absolute atomic E-state index is 0.0825. The van der Waals surface area contributed by atoms with Crippen molar-refractivity contribution in [2.24, 2.45) is 9.98 Å². The molecule has 2 aliphatic rings. The topological polar surface area (TPSA) is 82.7 Å². The first-order valence-corrected chi connectivity index (χ1v) is 11.8. The highest BCUT2D eigenvalue weighted by atomic mass is 16.5. The number of carbonyl (C=O) groups is 1. The van der Waals surface area contributed by atoms with Crippen LogP contribution in [-0.2, 0) is 4.79 Å². The summed E-state index contributed by atoms with van der Waals surface area (Å²) in [7, 11) is 1.64. The van der Waals surface area contributed by atoms with Gasteiger partial charge in [-0.1, -0.05) is 24.3 Å². The van der Waals surface area contributed by atoms with E-state index in [2.05, 4.69) is 15.1 Å². The lowest BCUT2D eigenvalue weighted by Crippen LogP contribution is -2.50. The lowest BCUT2D eigenvalue weighted by atomic mass is 9.93. The van der Waals surface area contributed by atoms with Crippen LogP contribution in [0.1, 0.15) is 18.4 Å². The van der Waals surface area contributed by atoms with E-state index in [9.17, 15) is 4.79 Å². The third kappa shape index (κ3) is 5.12. The van der Waals surface area contributed by atoms with Crippen molar-refractivity contribution >= 4 is 34.7 Å². The summed E-state index contributed by atoms with van der Waals surface area (Å²) in [5, 5.41) is 3.12. The Labute approximate surface area is 204 Å². The lowest BCUT2D eigenvalue weighted by Gasteiger charge is -2.34. The highest BCUT2D eigenvalue weighted by Gasteiger charge is 2.28. The summed E-state index contributed by atoms with van der Waals surface area (Å²) in [4.78, 5) is 27.2. The Balaban J connectivity index is 1.34. The van der Waals surface area contributed by atoms with Crippen molar-refractivity contribution in [3.63, 3.8) is 0 Å². The van der Waals surface area contributed by atoms with E-state index in [-0.39, 0.29) is 11.8 Å². The zero-order chi connectivity index (χ0) is 24.2. The molecule has 1 fully saturated rings. The highest BCUT2D eigenvalue weighted by Crippen LogP contribution is 2.34. The minimum Gasteiger partial charge on any atom is -0.497 e. The van der Waals surface area contributed by atoms with Gasteiger partial charge in [-0.3, -0.25) is 14.7 Å². The van der Waals surface area contributed by atoms with Crippen molar-refractivity contribution in [1.29, 1.82) is 0 Å². The van der Waals surface area contributed by atoms with Gasteiger partial charge in [-0.05, 0) is 42.8 Å². The number of amides is 1. The van der Waals surface area contributed by atoms with Crippen LogP contribution < -0.4 is 15.0 Å². The lowest BCUT2D eigenvalue weighted by molar-refractivity contribution is -0.120. The quantitative estimate of drug-likeness (QED) is 0.605. The van der Waals surface area contributed by atoms with Gasteiger partial charge >= 0.3 is 0 Å². The summed E-state index contributed by atoms with van der Waals surface area (Å²) < 4.78 is 10.8. The second kappa shape index (κ2) is 10.1. The first-order valence-electron chi connectivity index (χ1n) is 11.8. The van der Waals surface area contributed by atoms with Gasteiger partial charge in [-0.25, -0.2) is 4.99 Å². The summed E-state index contributed by atoms with van der Waals surface area (Å²) >= 11 is 0. The van der Waals surface area contributed by atoms with Crippen molar-refractivity contribution in [1.82, 2.24) is 10.2 Å². The van der Waals surface area contributed by atoms with Crippen molar-refractivity contribution < 1.29 is 13.9 Å². The number of hydrogen-bond acceptors (Lipinski definition) is 7. The second-order valence-electron chi connectivity index (χ2n) is 8.71. The van der Waals surface area contributed by atoms with Gasteiger partial charge in [-0.15, -0.1) is 0 Å². The standard InChI is InChI=1S/C27H29N5O3/c1-19-26(20-9-11-21(34-2)12-10-20)27(29-23-7-4-3-6-22(23)28-19)30-24(33)18-31-13-15-32(16-14-31)25-8-5-17-35-25/h3-12,17,26H,13-16,18H2,1-2H3,(H,29,30,33). The fraction of sp³-hybridized carbons (Fsp3) is 0.296. The second-order valence-corrected chi connectivity index (χ2v) is 8.71. The molecule has 35 heavy (non-hydrogen) atoms. The Bertz CT molecular complexity index is 1230. The maximum atomic E-state index is 13.2. The zero-order valence-corrected chi connectivity index (χ0v) is 20.0. The van der Waals surface area contributed by atoms with E-state index in [1.807, 2.05) is 67.6 Å². The minimum atomic E-state index is -0.270. The predicted octanol–water partition coefficient (Wildman–Crippen LogP) is 4.15. The molecule has 2 aromatic carbocycles. The van der Waals surface area contributed by atoms with Crippen LogP contribution in [0.25, 0.3) is 0 Å². The summed E-state index contributed by atoms with van der Waals surface area (Å²) in [5.41, 5.74) is 3.39. The van der Waals surface area contributed by atoms with Gasteiger partial charge in [0.15, 0.2) is 5.88 Å². The number of aliphatic imine (C=N–C) groups is 2. The number of carbonyl (C=O) groups excluding carboxylic acids is 1. The van der Waals surface area contributed by atoms with Gasteiger partial charge in [0.25, 0.3) is 0 Å². The van der Waals surface area contributed by atoms with Crippen molar-refractivity contribution in [3.8, 4) is 5.75 Å². The number of para-hydroxylation sites is 2. The van der Waals surface area contributed by atoms with Gasteiger partial charge < -0.3 is 19.4 Å². The van der Waals surface area contributed by atoms with E-state index in [0.717, 1.165) is 60.5 Å². The Morgan fingerprint density at radius 3 is 2.37 bits per heavy atom. The number of nitrogens with zero attached hydrogens (tertiary/aromatic N) is 4. The summed E-state index contributed by atoms with van der Waals surface area (Å²) in [6, 6.07) is 19.4. The monoisotopic (exact) mass is 471 g/mol. The van der Waals surface area contributed by atoms with Gasteiger partial charge in [0.1, 0.15) is 11.6 Å². The van der Waals surface area contributed by atoms with Crippen molar-refractivity contribution in [2.75, 3.05) is 44.7 Å². The molecule has 0 bridgehead atoms. The van der Waals surface area contributed by atoms with Crippen LogP contribution in [0.15, 0.2) is 81.3 Å². The van der Waals surface area contributed by atoms with Crippen LogP contribution in [0.5, 0.6) is 5.75 Å². The van der Waals surface area contributed by atoms with E-state index >= 15 is 0 Å². The molecule has 1 unspecified atom stereocenters. The molecule has 180 valence electrons. The number of methoxy groups -OCH3 is 1. The number of hydrogen-bond donors (Lipinski definition) is 1. The molecular weight excluding hydrogens is 442 g/mol. The van der Waals surface area contributed by atoms with E-state index in [1.54, 1.807) is 13.4 Å². The molecule has 5 rings (SSSR count). The molecule has 2 aliphatic heterocycles. The van der Waals surface area contributed by atoms with Crippen LogP contribution in [0.4, 0.5) is 17.3 Å². The van der Waals surface area contributed by atoms with Crippen molar-refractivity contribution in [3.05, 3.63) is 72.5 Å². The number of benzene rings is 2. The van der Waals surface area contributed by atoms with Gasteiger partial charge in [0.05, 0.1) is 37.2 Å². The average molecular weight is 472 g/mol. The molecule has 0 spiro atoms. The number of furan rings is 1. The first kappa shape index (κ1) is 22.9. The molecule has 1 N–H and O–H groups in total. The van der Waals surface area contributed by atoms with Crippen LogP contribution in [-0.4, -0.2) is 62.2 Å². The van der Waals surface area contributed by atoms with Crippen LogP contribution >= 0.6 is 0 Å². The molecule has 8 heteroatoms. The van der Waals surface area contributed by atoms with Crippen LogP contribution in [0.2, 0.25) is 0 Å². The smallest absolute Gasteiger partial charge is 0.239 e. The number of anilines is 1. The van der Waals surface area contributed by atoms with E-state index in [4.69, 9.17) is 19.1 Å². The third-order valence-electron chi connectivity index (χ3n) is 6.38. The van der Waals surface area contributed by atoms with E-state index < -0.39 is 0 Å². The van der Waals surface area contributed by atoms with Crippen LogP contribution in [0, 0.1) is 0 Å². The number of nitrogens with one attached hydrogen (secondary N) is 1. The molecule has 0 radical (unpaired) electrons. The zero-order valence-electron chi connectivity index (χ0n) is 20.0. The number of ether oxygens (including phenoxy) is 1. The molecule has 1 atom stereocenters. The Kier molecular flexibility index (Phi) is 6.63. The Morgan fingerprint density at radius 2 is 1.71 bits per heavy atom. The number of piperazine rings is 1. The Hall–Kier alpha value is -3.91. The summed E-state index contributed by atoms with van der Waals surface area (Å²) in [6.45, 7) is 5.48. The molecule has 1 saturated heterocycles. The Morgan fingerprint density at radius 1 is 1.00 bits per heavy atom. The molecule has 1 aromatic heterocycles. The van der Waals surface area contributed by atoms with Gasteiger partial charge in [-0.2, -0.15) is 0 Å². The summed E-state index contributed by atoms with van der Waals surface area (Å²) in [6.07, 6.45) is 1.69. The first-order chi connectivity index (χ1) is 17.1. The molecule has 0 saturated carbocycles. The fourth-order valence-electron chi connectivity index (χ4n) is 4.56. The number of rotatable bonds is 5. The third-order valence-corrected chi connectivity index (χ3v) is 6.38. The van der Waals surface area contributed by atoms with Crippen molar-refractivity contribution in [2.45, 2.75) is 12.8 Å². The number of fused-ring (bicyclic) bond motifs is 1. The molecule has 1 amide bonds. The maximum absolute atomic E-state index is 13.2. The van der Waals surface area contributed by atoms with E-state index in [1.165, 1.54) is 0 Å². The van der Waals surface area contributed by atoms with E-state index in [0.29, 0.717) is 12.4 Å². The predicted molar refractivity (Wildman–Crippen MR) is 138 cm³/mol. The number of amidine groups is 1. The molecule has 0 aliphatic carbocycles. The van der Waals surface area contributed by atoms with Gasteiger partial charge in [0.2, 0.25) is 5.91 Å². The molecular formula is C27H29N5O3. The molecule has 8 nitrogen and oxygen atoms in total. The largest absolute Gasteiger partial charge is 0.497 e. The van der Waals surface area contributed by atoms with Crippen LogP contribution in [0.3, 0.4) is 0 Å². The average Bonchev–Trinajstić information content (AvgIpc) is 3.37. The summed E-state index contributed by atoms with van der Waals surface area (Å²) in [5.74, 6) is 1.88. The fourth-order valence-corrected chi connectivity index (χ4v) is 4.56. The highest BCUT2D eigenvalue weighted by molar-refractivity contribution is 6.17. The maximum Gasteiger partial charge on any atom is 0.239 e. The SMILES string of the molecule is COc1ccc(C2C(C)=Nc3ccccc3N=C2NC(=O)CN2CCN(c3ccco3)CC2)cc1.